The number of aromatic nitrogens is 2. The highest BCUT2D eigenvalue weighted by Crippen LogP contribution is 2.15. The first kappa shape index (κ1) is 11.3. The van der Waals surface area contributed by atoms with E-state index >= 15 is 0 Å². The van der Waals surface area contributed by atoms with Crippen molar-refractivity contribution in [3.63, 3.8) is 0 Å². The van der Waals surface area contributed by atoms with Crippen molar-refractivity contribution in [3.8, 4) is 0 Å². The van der Waals surface area contributed by atoms with E-state index in [1.165, 1.54) is 0 Å². The van der Waals surface area contributed by atoms with Gasteiger partial charge in [0, 0.05) is 12.4 Å². The lowest BCUT2D eigenvalue weighted by Crippen LogP contribution is -2.10. The lowest BCUT2D eigenvalue weighted by atomic mass is 10.2. The molecule has 1 aromatic heterocycles. The van der Waals surface area contributed by atoms with Crippen LogP contribution >= 0.6 is 0 Å². The molecular formula is C13H12N2O2. The monoisotopic (exact) mass is 228 g/mol. The average Bonchev–Trinajstić information content (AvgIpc) is 2.40. The van der Waals surface area contributed by atoms with E-state index in [2.05, 4.69) is 9.97 Å². The minimum absolute atomic E-state index is 0.358. The normalized spacial score (nSPS) is 11.8. The van der Waals surface area contributed by atoms with Crippen molar-refractivity contribution >= 4 is 5.97 Å². The maximum Gasteiger partial charge on any atom is 0.338 e. The fourth-order valence-corrected chi connectivity index (χ4v) is 1.38. The van der Waals surface area contributed by atoms with Crippen molar-refractivity contribution in [1.29, 1.82) is 0 Å². The Morgan fingerprint density at radius 2 is 2.00 bits per heavy atom. The summed E-state index contributed by atoms with van der Waals surface area (Å²) in [6.45, 7) is 1.77. The van der Waals surface area contributed by atoms with Crippen molar-refractivity contribution in [3.05, 3.63) is 60.2 Å². The first-order valence-corrected chi connectivity index (χ1v) is 5.29. The minimum atomic E-state index is -0.406. The Balaban J connectivity index is 2.05. The van der Waals surface area contributed by atoms with Gasteiger partial charge in [0.2, 0.25) is 0 Å². The van der Waals surface area contributed by atoms with Crippen LogP contribution in [0.1, 0.15) is 29.1 Å². The molecule has 0 radical (unpaired) electrons. The van der Waals surface area contributed by atoms with E-state index in [-0.39, 0.29) is 5.97 Å². The number of ether oxygens (including phenoxy) is 1. The average molecular weight is 228 g/mol. The van der Waals surface area contributed by atoms with Gasteiger partial charge in [-0.25, -0.2) is 4.79 Å². The predicted octanol–water partition coefficient (Wildman–Crippen LogP) is 2.39. The van der Waals surface area contributed by atoms with Gasteiger partial charge in [0.1, 0.15) is 6.10 Å². The van der Waals surface area contributed by atoms with Gasteiger partial charge < -0.3 is 4.74 Å². The molecule has 1 aromatic carbocycles. The molecule has 0 saturated carbocycles. The van der Waals surface area contributed by atoms with Gasteiger partial charge in [-0.1, -0.05) is 18.2 Å². The molecule has 0 fully saturated rings. The predicted molar refractivity (Wildman–Crippen MR) is 62.3 cm³/mol. The van der Waals surface area contributed by atoms with E-state index < -0.39 is 6.10 Å². The summed E-state index contributed by atoms with van der Waals surface area (Å²) < 4.78 is 5.28. The van der Waals surface area contributed by atoms with Crippen LogP contribution in [0.15, 0.2) is 48.9 Å². The van der Waals surface area contributed by atoms with Gasteiger partial charge in [-0.05, 0) is 19.1 Å². The summed E-state index contributed by atoms with van der Waals surface area (Å²) in [4.78, 5) is 19.8. The Bertz CT molecular complexity index is 485. The number of carbonyl (C=O) groups is 1. The first-order chi connectivity index (χ1) is 8.27. The molecule has 0 spiro atoms. The summed E-state index contributed by atoms with van der Waals surface area (Å²) in [6.07, 6.45) is 4.33. The van der Waals surface area contributed by atoms with Crippen molar-refractivity contribution in [2.75, 3.05) is 0 Å². The number of benzene rings is 1. The minimum Gasteiger partial charge on any atom is -0.452 e. The van der Waals surface area contributed by atoms with Gasteiger partial charge in [-0.3, -0.25) is 9.97 Å². The van der Waals surface area contributed by atoms with Gasteiger partial charge in [-0.2, -0.15) is 0 Å². The van der Waals surface area contributed by atoms with Crippen LogP contribution in [0.4, 0.5) is 0 Å². The molecule has 0 amide bonds. The molecule has 4 heteroatoms. The topological polar surface area (TPSA) is 52.1 Å². The molecular weight excluding hydrogens is 216 g/mol. The second-order valence-electron chi connectivity index (χ2n) is 3.54. The Labute approximate surface area is 99.3 Å². The third-order valence-electron chi connectivity index (χ3n) is 2.29. The molecule has 2 aromatic rings. The van der Waals surface area contributed by atoms with Gasteiger partial charge in [-0.15, -0.1) is 0 Å². The summed E-state index contributed by atoms with van der Waals surface area (Å²) in [7, 11) is 0. The number of hydrogen-bond acceptors (Lipinski definition) is 4. The maximum atomic E-state index is 11.8. The largest absolute Gasteiger partial charge is 0.452 e. The van der Waals surface area contributed by atoms with Crippen LogP contribution in [-0.4, -0.2) is 15.9 Å². The molecule has 0 N–H and O–H groups in total. The van der Waals surface area contributed by atoms with Gasteiger partial charge in [0.05, 0.1) is 17.5 Å². The fourth-order valence-electron chi connectivity index (χ4n) is 1.38. The zero-order chi connectivity index (χ0) is 12.1. The van der Waals surface area contributed by atoms with Crippen molar-refractivity contribution in [2.24, 2.45) is 0 Å². The van der Waals surface area contributed by atoms with E-state index in [1.54, 1.807) is 49.8 Å². The Kier molecular flexibility index (Phi) is 3.45. The summed E-state index contributed by atoms with van der Waals surface area (Å²) in [6, 6.07) is 8.87. The molecule has 0 aliphatic rings. The zero-order valence-corrected chi connectivity index (χ0v) is 9.41. The summed E-state index contributed by atoms with van der Waals surface area (Å²) in [5, 5.41) is 0. The van der Waals surface area contributed by atoms with Crippen LogP contribution in [0, 0.1) is 0 Å². The molecule has 1 atom stereocenters. The van der Waals surface area contributed by atoms with Crippen LogP contribution in [0.2, 0.25) is 0 Å². The van der Waals surface area contributed by atoms with Crippen LogP contribution < -0.4 is 0 Å². The maximum absolute atomic E-state index is 11.8. The van der Waals surface area contributed by atoms with E-state index in [9.17, 15) is 4.79 Å². The molecule has 0 aliphatic carbocycles. The SMILES string of the molecule is CC(OC(=O)c1ccccc1)c1cnccn1. The first-order valence-electron chi connectivity index (χ1n) is 5.29. The highest BCUT2D eigenvalue weighted by Gasteiger charge is 2.14. The Hall–Kier alpha value is -2.23. The molecule has 4 nitrogen and oxygen atoms in total. The number of esters is 1. The highest BCUT2D eigenvalue weighted by molar-refractivity contribution is 5.89. The van der Waals surface area contributed by atoms with Crippen LogP contribution in [-0.2, 0) is 4.74 Å². The summed E-state index contributed by atoms with van der Waals surface area (Å²) >= 11 is 0. The number of carbonyl (C=O) groups excluding carboxylic acids is 1. The van der Waals surface area contributed by atoms with Crippen molar-refractivity contribution in [1.82, 2.24) is 9.97 Å². The third-order valence-corrected chi connectivity index (χ3v) is 2.29. The molecule has 1 unspecified atom stereocenters. The van der Waals surface area contributed by atoms with Gasteiger partial charge in [0.15, 0.2) is 0 Å². The molecule has 2 rings (SSSR count). The summed E-state index contributed by atoms with van der Waals surface area (Å²) in [5.41, 5.74) is 1.17. The van der Waals surface area contributed by atoms with Crippen molar-refractivity contribution in [2.45, 2.75) is 13.0 Å². The second-order valence-corrected chi connectivity index (χ2v) is 3.54. The van der Waals surface area contributed by atoms with E-state index in [4.69, 9.17) is 4.74 Å². The smallest absolute Gasteiger partial charge is 0.338 e. The number of hydrogen-bond donors (Lipinski definition) is 0. The standard InChI is InChI=1S/C13H12N2O2/c1-10(12-9-14-7-8-15-12)17-13(16)11-5-3-2-4-6-11/h2-10H,1H3. The molecule has 86 valence electrons. The Morgan fingerprint density at radius 3 is 2.65 bits per heavy atom. The molecule has 17 heavy (non-hydrogen) atoms. The van der Waals surface area contributed by atoms with Crippen LogP contribution in [0.5, 0.6) is 0 Å². The number of nitrogens with zero attached hydrogens (tertiary/aromatic N) is 2. The van der Waals surface area contributed by atoms with E-state index in [1.807, 2.05) is 6.07 Å². The molecule has 0 saturated heterocycles. The molecule has 0 bridgehead atoms. The third kappa shape index (κ3) is 2.87. The van der Waals surface area contributed by atoms with Crippen molar-refractivity contribution < 1.29 is 9.53 Å². The lowest BCUT2D eigenvalue weighted by molar-refractivity contribution is 0.0328. The fraction of sp³-hybridized carbons (Fsp3) is 0.154. The Morgan fingerprint density at radius 1 is 1.24 bits per heavy atom. The zero-order valence-electron chi connectivity index (χ0n) is 9.41. The van der Waals surface area contributed by atoms with Gasteiger partial charge in [0.25, 0.3) is 0 Å². The quantitative estimate of drug-likeness (QED) is 0.757. The molecule has 0 aliphatic heterocycles. The molecule has 1 heterocycles. The van der Waals surface area contributed by atoms with Gasteiger partial charge >= 0.3 is 5.97 Å². The van der Waals surface area contributed by atoms with Crippen LogP contribution in [0.3, 0.4) is 0 Å². The number of rotatable bonds is 3. The summed E-state index contributed by atoms with van der Waals surface area (Å²) in [5.74, 6) is -0.358. The highest BCUT2D eigenvalue weighted by atomic mass is 16.5. The van der Waals surface area contributed by atoms with E-state index in [0.717, 1.165) is 0 Å². The second kappa shape index (κ2) is 5.21. The van der Waals surface area contributed by atoms with Crippen LogP contribution in [0.25, 0.3) is 0 Å². The lowest BCUT2D eigenvalue weighted by Gasteiger charge is -2.11. The van der Waals surface area contributed by atoms with E-state index in [0.29, 0.717) is 11.3 Å².